The average Bonchev–Trinajstić information content (AvgIpc) is 2.87. The van der Waals surface area contributed by atoms with Crippen LogP contribution in [0.4, 0.5) is 0 Å². The van der Waals surface area contributed by atoms with Gasteiger partial charge in [0.2, 0.25) is 17.7 Å². The van der Waals surface area contributed by atoms with Crippen LogP contribution in [0.1, 0.15) is 37.3 Å². The lowest BCUT2D eigenvalue weighted by molar-refractivity contribution is -0.136. The molecule has 0 bridgehead atoms. The second-order valence-electron chi connectivity index (χ2n) is 8.63. The van der Waals surface area contributed by atoms with Crippen LogP contribution in [0.3, 0.4) is 0 Å². The van der Waals surface area contributed by atoms with E-state index in [0.29, 0.717) is 32.5 Å². The smallest absolute Gasteiger partial charge is 0.245 e. The van der Waals surface area contributed by atoms with E-state index in [2.05, 4.69) is 11.4 Å². The highest BCUT2D eigenvalue weighted by Gasteiger charge is 2.26. The Morgan fingerprint density at radius 2 is 1.76 bits per heavy atom. The molecule has 0 saturated heterocycles. The van der Waals surface area contributed by atoms with Gasteiger partial charge in [0.25, 0.3) is 0 Å². The summed E-state index contributed by atoms with van der Waals surface area (Å²) in [5.74, 6) is -0.460. The van der Waals surface area contributed by atoms with Crippen molar-refractivity contribution in [3.8, 4) is 5.75 Å². The molecule has 3 N–H and O–H groups in total. The van der Waals surface area contributed by atoms with Gasteiger partial charge in [0.15, 0.2) is 0 Å². The summed E-state index contributed by atoms with van der Waals surface area (Å²) in [5.41, 5.74) is 7.29. The topological polar surface area (TPSA) is 102 Å². The summed E-state index contributed by atoms with van der Waals surface area (Å²) >= 11 is 0. The van der Waals surface area contributed by atoms with E-state index in [0.717, 1.165) is 23.3 Å². The van der Waals surface area contributed by atoms with E-state index in [4.69, 9.17) is 10.5 Å². The molecule has 1 aliphatic heterocycles. The standard InChI is InChI=1S/C27H33N3O4/c1-20(26(28)32)10-15-25(31)29-24(27(33)30-16-6-3-7-17-30)18-21-11-13-23(14-12-21)34-19-22-8-4-2-5-9-22/h2-6,8-9,11-14,20,24H,7,10,15-19H2,1H3,(H2,28,32)(H,29,31). The second kappa shape index (κ2) is 12.6. The molecule has 1 aliphatic rings. The molecule has 180 valence electrons. The molecule has 3 rings (SSSR count). The number of rotatable bonds is 11. The van der Waals surface area contributed by atoms with Crippen LogP contribution >= 0.6 is 0 Å². The van der Waals surface area contributed by atoms with Crippen molar-refractivity contribution in [1.82, 2.24) is 10.2 Å². The zero-order chi connectivity index (χ0) is 24.3. The number of ether oxygens (including phenoxy) is 1. The van der Waals surface area contributed by atoms with Crippen molar-refractivity contribution in [3.63, 3.8) is 0 Å². The molecule has 0 fully saturated rings. The van der Waals surface area contributed by atoms with Gasteiger partial charge in [0.1, 0.15) is 18.4 Å². The average molecular weight is 464 g/mol. The summed E-state index contributed by atoms with van der Waals surface area (Å²) in [7, 11) is 0. The third-order valence-corrected chi connectivity index (χ3v) is 5.90. The minimum Gasteiger partial charge on any atom is -0.489 e. The second-order valence-corrected chi connectivity index (χ2v) is 8.63. The Kier molecular flexibility index (Phi) is 9.26. The number of primary amides is 1. The van der Waals surface area contributed by atoms with Crippen molar-refractivity contribution >= 4 is 17.7 Å². The molecule has 0 radical (unpaired) electrons. The highest BCUT2D eigenvalue weighted by atomic mass is 16.5. The van der Waals surface area contributed by atoms with Gasteiger partial charge >= 0.3 is 0 Å². The van der Waals surface area contributed by atoms with Crippen molar-refractivity contribution in [2.24, 2.45) is 11.7 Å². The first-order valence-corrected chi connectivity index (χ1v) is 11.7. The number of nitrogens with zero attached hydrogens (tertiary/aromatic N) is 1. The van der Waals surface area contributed by atoms with Gasteiger partial charge in [-0.15, -0.1) is 0 Å². The molecule has 0 saturated carbocycles. The minimum atomic E-state index is -0.682. The molecule has 2 aromatic carbocycles. The molecule has 2 unspecified atom stereocenters. The molecule has 7 nitrogen and oxygen atoms in total. The Morgan fingerprint density at radius 3 is 2.41 bits per heavy atom. The number of hydrogen-bond donors (Lipinski definition) is 2. The molecule has 7 heteroatoms. The summed E-state index contributed by atoms with van der Waals surface area (Å²) in [6.45, 7) is 3.34. The van der Waals surface area contributed by atoms with Gasteiger partial charge in [-0.2, -0.15) is 0 Å². The van der Waals surface area contributed by atoms with Crippen LogP contribution in [0.25, 0.3) is 0 Å². The molecule has 34 heavy (non-hydrogen) atoms. The van der Waals surface area contributed by atoms with Crippen LogP contribution in [0.2, 0.25) is 0 Å². The number of benzene rings is 2. The van der Waals surface area contributed by atoms with E-state index >= 15 is 0 Å². The maximum atomic E-state index is 13.2. The summed E-state index contributed by atoms with van der Waals surface area (Å²) < 4.78 is 5.84. The summed E-state index contributed by atoms with van der Waals surface area (Å²) in [5, 5.41) is 2.88. The van der Waals surface area contributed by atoms with Crippen LogP contribution < -0.4 is 15.8 Å². The van der Waals surface area contributed by atoms with Gasteiger partial charge in [-0.05, 0) is 36.1 Å². The minimum absolute atomic E-state index is 0.106. The highest BCUT2D eigenvalue weighted by molar-refractivity contribution is 5.88. The van der Waals surface area contributed by atoms with Crippen molar-refractivity contribution in [2.75, 3.05) is 13.1 Å². The fourth-order valence-corrected chi connectivity index (χ4v) is 3.72. The number of nitrogens with two attached hydrogens (primary N) is 1. The maximum absolute atomic E-state index is 13.2. The van der Waals surface area contributed by atoms with Crippen molar-refractivity contribution in [2.45, 2.75) is 45.3 Å². The highest BCUT2D eigenvalue weighted by Crippen LogP contribution is 2.17. The largest absolute Gasteiger partial charge is 0.489 e. The monoisotopic (exact) mass is 463 g/mol. The zero-order valence-corrected chi connectivity index (χ0v) is 19.6. The number of hydrogen-bond acceptors (Lipinski definition) is 4. The molecule has 3 amide bonds. The normalized spacial score (nSPS) is 14.8. The quantitative estimate of drug-likeness (QED) is 0.500. The maximum Gasteiger partial charge on any atom is 0.245 e. The lowest BCUT2D eigenvalue weighted by atomic mass is 10.0. The van der Waals surface area contributed by atoms with Crippen molar-refractivity contribution < 1.29 is 19.1 Å². The van der Waals surface area contributed by atoms with E-state index in [1.54, 1.807) is 11.8 Å². The number of nitrogens with one attached hydrogen (secondary N) is 1. The van der Waals surface area contributed by atoms with Gasteiger partial charge in [0, 0.05) is 31.8 Å². The Balaban J connectivity index is 1.62. The van der Waals surface area contributed by atoms with E-state index in [1.165, 1.54) is 0 Å². The Hall–Kier alpha value is -3.61. The van der Waals surface area contributed by atoms with E-state index < -0.39 is 17.9 Å². The molecule has 0 aromatic heterocycles. The van der Waals surface area contributed by atoms with Crippen LogP contribution in [-0.4, -0.2) is 41.8 Å². The number of carbonyl (C=O) groups is 3. The van der Waals surface area contributed by atoms with Crippen LogP contribution in [0, 0.1) is 5.92 Å². The first-order chi connectivity index (χ1) is 16.4. The lowest BCUT2D eigenvalue weighted by Crippen LogP contribution is -2.50. The van der Waals surface area contributed by atoms with Crippen molar-refractivity contribution in [1.29, 1.82) is 0 Å². The molecule has 1 heterocycles. The molecule has 0 aliphatic carbocycles. The van der Waals surface area contributed by atoms with Gasteiger partial charge in [0.05, 0.1) is 0 Å². The molecular formula is C27H33N3O4. The first-order valence-electron chi connectivity index (χ1n) is 11.7. The third kappa shape index (κ3) is 7.76. The lowest BCUT2D eigenvalue weighted by Gasteiger charge is -2.29. The van der Waals surface area contributed by atoms with Gasteiger partial charge < -0.3 is 20.7 Å². The zero-order valence-electron chi connectivity index (χ0n) is 19.6. The predicted molar refractivity (Wildman–Crippen MR) is 131 cm³/mol. The van der Waals surface area contributed by atoms with Gasteiger partial charge in [-0.3, -0.25) is 14.4 Å². The first kappa shape index (κ1) is 25.0. The van der Waals surface area contributed by atoms with E-state index in [1.807, 2.05) is 60.7 Å². The molecular weight excluding hydrogens is 430 g/mol. The fraction of sp³-hybridized carbons (Fsp3) is 0.370. The van der Waals surface area contributed by atoms with Crippen molar-refractivity contribution in [3.05, 3.63) is 77.9 Å². The van der Waals surface area contributed by atoms with Crippen LogP contribution in [0.5, 0.6) is 5.75 Å². The third-order valence-electron chi connectivity index (χ3n) is 5.90. The van der Waals surface area contributed by atoms with Gasteiger partial charge in [-0.25, -0.2) is 0 Å². The van der Waals surface area contributed by atoms with E-state index in [9.17, 15) is 14.4 Å². The molecule has 0 spiro atoms. The fourth-order valence-electron chi connectivity index (χ4n) is 3.72. The number of carbonyl (C=O) groups excluding carboxylic acids is 3. The summed E-state index contributed by atoms with van der Waals surface area (Å²) in [6.07, 6.45) is 5.68. The molecule has 2 aromatic rings. The predicted octanol–water partition coefficient (Wildman–Crippen LogP) is 2.98. The Morgan fingerprint density at radius 1 is 1.03 bits per heavy atom. The van der Waals surface area contributed by atoms with Crippen LogP contribution in [-0.2, 0) is 27.4 Å². The van der Waals surface area contributed by atoms with E-state index in [-0.39, 0.29) is 18.2 Å². The number of amides is 3. The van der Waals surface area contributed by atoms with Crippen LogP contribution in [0.15, 0.2) is 66.7 Å². The van der Waals surface area contributed by atoms with Gasteiger partial charge in [-0.1, -0.05) is 61.5 Å². The summed E-state index contributed by atoms with van der Waals surface area (Å²) in [4.78, 5) is 38.8. The Bertz CT molecular complexity index is 989. The summed E-state index contributed by atoms with van der Waals surface area (Å²) in [6, 6.07) is 16.8. The molecule has 2 atom stereocenters. The Labute approximate surface area is 201 Å². The SMILES string of the molecule is CC(CCC(=O)NC(Cc1ccc(OCc2ccccc2)cc1)C(=O)N1CC=CCC1)C(N)=O.